The lowest BCUT2D eigenvalue weighted by molar-refractivity contribution is -0.0861. The van der Waals surface area contributed by atoms with Crippen molar-refractivity contribution in [1.82, 2.24) is 19.3 Å². The van der Waals surface area contributed by atoms with Crippen LogP contribution in [0.25, 0.3) is 10.6 Å². The van der Waals surface area contributed by atoms with Gasteiger partial charge in [-0.2, -0.15) is 4.31 Å². The maximum Gasteiger partial charge on any atom is 0.244 e. The number of aromatic nitrogens is 3. The molecule has 0 N–H and O–H groups in total. The molecule has 0 bridgehead atoms. The minimum Gasteiger partial charge on any atom is -0.369 e. The lowest BCUT2D eigenvalue weighted by atomic mass is 9.86. The molecule has 1 fully saturated rings. The fourth-order valence-corrected chi connectivity index (χ4v) is 6.86. The normalized spacial score (nSPS) is 19.2. The Morgan fingerprint density at radius 3 is 2.66 bits per heavy atom. The molecule has 2 aliphatic heterocycles. The van der Waals surface area contributed by atoms with Crippen LogP contribution in [0.4, 0.5) is 0 Å². The lowest BCUT2D eigenvalue weighted by Crippen LogP contribution is -2.47. The first-order chi connectivity index (χ1) is 14.1. The number of thiophene rings is 1. The van der Waals surface area contributed by atoms with Crippen molar-refractivity contribution in [1.29, 1.82) is 0 Å². The molecule has 0 radical (unpaired) electrons. The molecule has 5 rings (SSSR count). The van der Waals surface area contributed by atoms with Crippen LogP contribution in [0, 0.1) is 0 Å². The summed E-state index contributed by atoms with van der Waals surface area (Å²) < 4.78 is 33.7. The van der Waals surface area contributed by atoms with Gasteiger partial charge < -0.3 is 4.74 Å². The predicted molar refractivity (Wildman–Crippen MR) is 109 cm³/mol. The zero-order valence-electron chi connectivity index (χ0n) is 15.7. The van der Waals surface area contributed by atoms with Crippen molar-refractivity contribution in [3.63, 3.8) is 0 Å². The highest BCUT2D eigenvalue weighted by molar-refractivity contribution is 7.89. The maximum atomic E-state index is 12.9. The van der Waals surface area contributed by atoms with Gasteiger partial charge in [0.15, 0.2) is 0 Å². The molecule has 5 heterocycles. The van der Waals surface area contributed by atoms with Crippen molar-refractivity contribution in [3.8, 4) is 10.6 Å². The Kier molecular flexibility index (Phi) is 4.70. The van der Waals surface area contributed by atoms with Gasteiger partial charge in [-0.25, -0.2) is 8.42 Å². The molecule has 29 heavy (non-hydrogen) atoms. The van der Waals surface area contributed by atoms with Crippen LogP contribution < -0.4 is 0 Å². The smallest absolute Gasteiger partial charge is 0.244 e. The standard InChI is InChI=1S/C20H20N4O3S2/c25-29(26,16-2-1-6-21-13-16)24-9-4-20(5-10-24)19-15(3-11-27-20)12-18(28-19)17-14-22-7-8-23-17/h1-2,6-8,12-14H,3-5,9-11H2. The van der Waals surface area contributed by atoms with Crippen molar-refractivity contribution in [2.24, 2.45) is 0 Å². The monoisotopic (exact) mass is 428 g/mol. The number of nitrogens with zero attached hydrogens (tertiary/aromatic N) is 4. The number of hydrogen-bond donors (Lipinski definition) is 0. The first kappa shape index (κ1) is 18.8. The summed E-state index contributed by atoms with van der Waals surface area (Å²) in [6.07, 6.45) is 10.3. The summed E-state index contributed by atoms with van der Waals surface area (Å²) in [7, 11) is -3.53. The molecule has 0 atom stereocenters. The van der Waals surface area contributed by atoms with E-state index in [0.717, 1.165) is 17.0 Å². The van der Waals surface area contributed by atoms with E-state index in [1.54, 1.807) is 52.6 Å². The van der Waals surface area contributed by atoms with Gasteiger partial charge >= 0.3 is 0 Å². The quantitative estimate of drug-likeness (QED) is 0.638. The summed E-state index contributed by atoms with van der Waals surface area (Å²) in [4.78, 5) is 15.1. The molecule has 0 saturated carbocycles. The Morgan fingerprint density at radius 2 is 1.93 bits per heavy atom. The average molecular weight is 429 g/mol. The van der Waals surface area contributed by atoms with Gasteiger partial charge in [0, 0.05) is 42.8 Å². The summed E-state index contributed by atoms with van der Waals surface area (Å²) in [5.74, 6) is 0. The fourth-order valence-electron chi connectivity index (χ4n) is 4.08. The average Bonchev–Trinajstić information content (AvgIpc) is 3.22. The molecule has 150 valence electrons. The van der Waals surface area contributed by atoms with Crippen molar-refractivity contribution < 1.29 is 13.2 Å². The number of sulfonamides is 1. The van der Waals surface area contributed by atoms with Gasteiger partial charge in [-0.3, -0.25) is 15.0 Å². The van der Waals surface area contributed by atoms with Crippen LogP contribution in [0.1, 0.15) is 23.3 Å². The third kappa shape index (κ3) is 3.28. The second-order valence-electron chi connectivity index (χ2n) is 7.24. The minimum atomic E-state index is -3.53. The molecule has 0 amide bonds. The first-order valence-electron chi connectivity index (χ1n) is 9.52. The lowest BCUT2D eigenvalue weighted by Gasteiger charge is -2.43. The highest BCUT2D eigenvalue weighted by atomic mass is 32.2. The molecular weight excluding hydrogens is 408 g/mol. The van der Waals surface area contributed by atoms with Gasteiger partial charge in [0.05, 0.1) is 23.4 Å². The van der Waals surface area contributed by atoms with E-state index in [2.05, 4.69) is 21.0 Å². The molecule has 2 aliphatic rings. The largest absolute Gasteiger partial charge is 0.369 e. The van der Waals surface area contributed by atoms with E-state index in [-0.39, 0.29) is 4.90 Å². The predicted octanol–water partition coefficient (Wildman–Crippen LogP) is 2.85. The third-order valence-corrected chi connectivity index (χ3v) is 8.86. The zero-order valence-corrected chi connectivity index (χ0v) is 17.3. The molecule has 7 nitrogen and oxygen atoms in total. The van der Waals surface area contributed by atoms with Gasteiger partial charge in [0.1, 0.15) is 10.5 Å². The van der Waals surface area contributed by atoms with Crippen LogP contribution in [0.2, 0.25) is 0 Å². The second-order valence-corrected chi connectivity index (χ2v) is 10.2. The number of pyridine rings is 1. The number of hydrogen-bond acceptors (Lipinski definition) is 7. The van der Waals surface area contributed by atoms with Crippen molar-refractivity contribution in [3.05, 3.63) is 59.6 Å². The highest BCUT2D eigenvalue weighted by Gasteiger charge is 2.44. The number of fused-ring (bicyclic) bond motifs is 2. The summed E-state index contributed by atoms with van der Waals surface area (Å²) in [5, 5.41) is 0. The summed E-state index contributed by atoms with van der Waals surface area (Å²) in [6, 6.07) is 5.43. The molecule has 0 unspecified atom stereocenters. The van der Waals surface area contributed by atoms with Crippen molar-refractivity contribution in [2.45, 2.75) is 29.8 Å². The summed E-state index contributed by atoms with van der Waals surface area (Å²) >= 11 is 1.69. The van der Waals surface area contributed by atoms with Gasteiger partial charge in [-0.1, -0.05) is 0 Å². The number of ether oxygens (including phenoxy) is 1. The zero-order chi connectivity index (χ0) is 19.9. The van der Waals surface area contributed by atoms with E-state index in [9.17, 15) is 8.42 Å². The molecule has 9 heteroatoms. The Bertz CT molecular complexity index is 1110. The van der Waals surface area contributed by atoms with E-state index in [4.69, 9.17) is 4.74 Å². The Balaban J connectivity index is 1.41. The molecular formula is C20H20N4O3S2. The van der Waals surface area contributed by atoms with Crippen molar-refractivity contribution >= 4 is 21.4 Å². The van der Waals surface area contributed by atoms with Crippen LogP contribution in [-0.4, -0.2) is 47.4 Å². The van der Waals surface area contributed by atoms with Gasteiger partial charge in [-0.05, 0) is 43.0 Å². The minimum absolute atomic E-state index is 0.238. The van der Waals surface area contributed by atoms with Gasteiger partial charge in [0.25, 0.3) is 0 Å². The SMILES string of the molecule is O=S(=O)(c1cccnc1)N1CCC2(CC1)OCCc1cc(-c3cnccn3)sc12. The van der Waals surface area contributed by atoms with Crippen molar-refractivity contribution in [2.75, 3.05) is 19.7 Å². The van der Waals surface area contributed by atoms with Crippen LogP contribution in [0.3, 0.4) is 0 Å². The third-order valence-electron chi connectivity index (χ3n) is 5.59. The molecule has 3 aromatic rings. The first-order valence-corrected chi connectivity index (χ1v) is 11.8. The molecule has 3 aromatic heterocycles. The van der Waals surface area contributed by atoms with Crippen LogP contribution >= 0.6 is 11.3 Å². The van der Waals surface area contributed by atoms with Gasteiger partial charge in [0.2, 0.25) is 10.0 Å². The molecule has 1 spiro atoms. The van der Waals surface area contributed by atoms with E-state index >= 15 is 0 Å². The highest BCUT2D eigenvalue weighted by Crippen LogP contribution is 2.47. The maximum absolute atomic E-state index is 12.9. The van der Waals surface area contributed by atoms with E-state index in [0.29, 0.717) is 32.5 Å². The number of piperidine rings is 1. The Hall–Kier alpha value is -2.20. The Morgan fingerprint density at radius 1 is 1.10 bits per heavy atom. The Labute approximate surface area is 173 Å². The second kappa shape index (κ2) is 7.24. The van der Waals surface area contributed by atoms with E-state index in [1.807, 2.05) is 0 Å². The van der Waals surface area contributed by atoms with Crippen LogP contribution in [0.15, 0.2) is 54.1 Å². The van der Waals surface area contributed by atoms with E-state index in [1.165, 1.54) is 16.6 Å². The van der Waals surface area contributed by atoms with Crippen LogP contribution in [-0.2, 0) is 26.8 Å². The van der Waals surface area contributed by atoms with Gasteiger partial charge in [-0.15, -0.1) is 11.3 Å². The molecule has 0 aromatic carbocycles. The summed E-state index contributed by atoms with van der Waals surface area (Å²) in [5.41, 5.74) is 1.73. The fraction of sp³-hybridized carbons (Fsp3) is 0.350. The summed E-state index contributed by atoms with van der Waals surface area (Å²) in [6.45, 7) is 1.50. The topological polar surface area (TPSA) is 85.3 Å². The molecule has 0 aliphatic carbocycles. The number of rotatable bonds is 3. The molecule has 1 saturated heterocycles. The van der Waals surface area contributed by atoms with E-state index < -0.39 is 15.6 Å². The van der Waals surface area contributed by atoms with Crippen LogP contribution in [0.5, 0.6) is 0 Å².